The summed E-state index contributed by atoms with van der Waals surface area (Å²) in [7, 11) is 4.00. The Labute approximate surface area is 154 Å². The van der Waals surface area contributed by atoms with Crippen LogP contribution in [0.5, 0.6) is 0 Å². The van der Waals surface area contributed by atoms with Crippen LogP contribution in [-0.2, 0) is 4.74 Å². The van der Waals surface area contributed by atoms with E-state index in [0.29, 0.717) is 38.4 Å². The maximum absolute atomic E-state index is 12.3. The fourth-order valence-electron chi connectivity index (χ4n) is 2.62. The number of likely N-dealkylation sites (tertiary alicyclic amines) is 1. The predicted octanol–water partition coefficient (Wildman–Crippen LogP) is 0.801. The minimum atomic E-state index is -0.291. The zero-order chi connectivity index (χ0) is 18.9. The molecular weight excluding hydrogens is 336 g/mol. The SMILES string of the molecule is CCOC(=O)N1CCC(NC(=O)c2cnc(NCCN(C)C)cn2)CC1. The van der Waals surface area contributed by atoms with Crippen LogP contribution in [0.25, 0.3) is 0 Å². The highest BCUT2D eigenvalue weighted by atomic mass is 16.6. The number of likely N-dealkylation sites (N-methyl/N-ethyl adjacent to an activating group) is 1. The van der Waals surface area contributed by atoms with Crippen LogP contribution in [0, 0.1) is 0 Å². The number of hydrogen-bond acceptors (Lipinski definition) is 7. The highest BCUT2D eigenvalue weighted by Crippen LogP contribution is 2.12. The number of aromatic nitrogens is 2. The molecule has 0 bridgehead atoms. The average Bonchev–Trinajstić information content (AvgIpc) is 2.63. The van der Waals surface area contributed by atoms with Gasteiger partial charge < -0.3 is 25.2 Å². The fraction of sp³-hybridized carbons (Fsp3) is 0.647. The zero-order valence-electron chi connectivity index (χ0n) is 15.7. The Kier molecular flexibility index (Phi) is 7.58. The van der Waals surface area contributed by atoms with Gasteiger partial charge in [0, 0.05) is 32.2 Å². The van der Waals surface area contributed by atoms with Crippen molar-refractivity contribution in [2.45, 2.75) is 25.8 Å². The maximum Gasteiger partial charge on any atom is 0.409 e. The number of nitrogens with zero attached hydrogens (tertiary/aromatic N) is 4. The van der Waals surface area contributed by atoms with E-state index < -0.39 is 0 Å². The molecule has 0 spiro atoms. The van der Waals surface area contributed by atoms with Crippen LogP contribution >= 0.6 is 0 Å². The second kappa shape index (κ2) is 9.91. The summed E-state index contributed by atoms with van der Waals surface area (Å²) in [6.45, 7) is 4.94. The highest BCUT2D eigenvalue weighted by molar-refractivity contribution is 5.92. The van der Waals surface area contributed by atoms with E-state index in [0.717, 1.165) is 13.1 Å². The molecule has 0 aliphatic carbocycles. The summed E-state index contributed by atoms with van der Waals surface area (Å²) in [5, 5.41) is 6.11. The van der Waals surface area contributed by atoms with E-state index in [1.54, 1.807) is 18.0 Å². The van der Waals surface area contributed by atoms with Crippen molar-refractivity contribution in [2.75, 3.05) is 52.2 Å². The lowest BCUT2D eigenvalue weighted by Crippen LogP contribution is -2.46. The summed E-state index contributed by atoms with van der Waals surface area (Å²) in [6, 6.07) is 0.0212. The van der Waals surface area contributed by atoms with Crippen LogP contribution in [0.15, 0.2) is 12.4 Å². The summed E-state index contributed by atoms with van der Waals surface area (Å²) in [5.41, 5.74) is 0.288. The molecule has 0 radical (unpaired) electrons. The molecule has 0 saturated carbocycles. The molecule has 26 heavy (non-hydrogen) atoms. The number of ether oxygens (including phenoxy) is 1. The number of nitrogens with one attached hydrogen (secondary N) is 2. The van der Waals surface area contributed by atoms with Crippen LogP contribution in [0.4, 0.5) is 10.6 Å². The molecule has 1 aliphatic heterocycles. The Balaban J connectivity index is 1.77. The summed E-state index contributed by atoms with van der Waals surface area (Å²) in [6.07, 6.45) is 4.14. The van der Waals surface area contributed by atoms with Gasteiger partial charge in [0.05, 0.1) is 19.0 Å². The van der Waals surface area contributed by atoms with Gasteiger partial charge in [-0.1, -0.05) is 0 Å². The molecular formula is C17H28N6O3. The summed E-state index contributed by atoms with van der Waals surface area (Å²) >= 11 is 0. The molecule has 0 aromatic carbocycles. The lowest BCUT2D eigenvalue weighted by atomic mass is 10.1. The highest BCUT2D eigenvalue weighted by Gasteiger charge is 2.25. The van der Waals surface area contributed by atoms with Gasteiger partial charge >= 0.3 is 6.09 Å². The molecule has 9 heteroatoms. The summed E-state index contributed by atoms with van der Waals surface area (Å²) < 4.78 is 4.99. The summed E-state index contributed by atoms with van der Waals surface area (Å²) in [5.74, 6) is 0.401. The van der Waals surface area contributed by atoms with Crippen LogP contribution < -0.4 is 10.6 Å². The normalized spacial score (nSPS) is 15.0. The third-order valence-corrected chi connectivity index (χ3v) is 4.11. The molecule has 1 saturated heterocycles. The minimum Gasteiger partial charge on any atom is -0.450 e. The number of amides is 2. The lowest BCUT2D eigenvalue weighted by Gasteiger charge is -2.31. The number of anilines is 1. The smallest absolute Gasteiger partial charge is 0.409 e. The summed E-state index contributed by atoms with van der Waals surface area (Å²) in [4.78, 5) is 36.1. The van der Waals surface area contributed by atoms with E-state index in [1.165, 1.54) is 6.20 Å². The number of rotatable bonds is 7. The van der Waals surface area contributed by atoms with E-state index in [1.807, 2.05) is 14.1 Å². The Hall–Kier alpha value is -2.42. The molecule has 1 aliphatic rings. The molecule has 1 aromatic heterocycles. The fourth-order valence-corrected chi connectivity index (χ4v) is 2.62. The van der Waals surface area contributed by atoms with Gasteiger partial charge in [0.25, 0.3) is 5.91 Å². The van der Waals surface area contributed by atoms with Crippen molar-refractivity contribution in [1.82, 2.24) is 25.1 Å². The Morgan fingerprint density at radius 3 is 2.58 bits per heavy atom. The van der Waals surface area contributed by atoms with Crippen molar-refractivity contribution in [3.05, 3.63) is 18.1 Å². The van der Waals surface area contributed by atoms with E-state index in [-0.39, 0.29) is 23.7 Å². The van der Waals surface area contributed by atoms with Crippen LogP contribution in [0.2, 0.25) is 0 Å². The first-order valence-electron chi connectivity index (χ1n) is 8.92. The molecule has 0 atom stereocenters. The quantitative estimate of drug-likeness (QED) is 0.738. The van der Waals surface area contributed by atoms with Crippen molar-refractivity contribution < 1.29 is 14.3 Å². The van der Waals surface area contributed by atoms with Crippen molar-refractivity contribution in [3.63, 3.8) is 0 Å². The molecule has 144 valence electrons. The van der Waals surface area contributed by atoms with E-state index in [2.05, 4.69) is 25.5 Å². The number of carbonyl (C=O) groups is 2. The van der Waals surface area contributed by atoms with E-state index >= 15 is 0 Å². The topological polar surface area (TPSA) is 99.7 Å². The number of hydrogen-bond donors (Lipinski definition) is 2. The van der Waals surface area contributed by atoms with Crippen LogP contribution in [0.3, 0.4) is 0 Å². The van der Waals surface area contributed by atoms with Gasteiger partial charge in [-0.15, -0.1) is 0 Å². The average molecular weight is 364 g/mol. The van der Waals surface area contributed by atoms with E-state index in [9.17, 15) is 9.59 Å². The first-order chi connectivity index (χ1) is 12.5. The molecule has 9 nitrogen and oxygen atoms in total. The molecule has 0 unspecified atom stereocenters. The molecule has 2 rings (SSSR count). The van der Waals surface area contributed by atoms with Gasteiger partial charge in [-0.25, -0.2) is 14.8 Å². The second-order valence-corrected chi connectivity index (χ2v) is 6.45. The first kappa shape index (κ1) is 19.9. The van der Waals surface area contributed by atoms with Gasteiger partial charge in [0.2, 0.25) is 0 Å². The van der Waals surface area contributed by atoms with Crippen molar-refractivity contribution in [2.24, 2.45) is 0 Å². The minimum absolute atomic E-state index is 0.0212. The largest absolute Gasteiger partial charge is 0.450 e. The van der Waals surface area contributed by atoms with Gasteiger partial charge in [0.1, 0.15) is 11.5 Å². The standard InChI is InChI=1S/C17H28N6O3/c1-4-26-17(25)23-8-5-13(6-9-23)21-16(24)14-11-20-15(12-19-14)18-7-10-22(2)3/h11-13H,4-10H2,1-3H3,(H,18,20)(H,21,24). The van der Waals surface area contributed by atoms with Crippen molar-refractivity contribution in [1.29, 1.82) is 0 Å². The third kappa shape index (κ3) is 6.14. The van der Waals surface area contributed by atoms with Gasteiger partial charge in [-0.2, -0.15) is 0 Å². The number of carbonyl (C=O) groups excluding carboxylic acids is 2. The lowest BCUT2D eigenvalue weighted by molar-refractivity contribution is 0.0856. The molecule has 1 fully saturated rings. The Morgan fingerprint density at radius 1 is 1.27 bits per heavy atom. The van der Waals surface area contributed by atoms with Crippen molar-refractivity contribution >= 4 is 17.8 Å². The van der Waals surface area contributed by atoms with Crippen LogP contribution in [0.1, 0.15) is 30.3 Å². The monoisotopic (exact) mass is 364 g/mol. The molecule has 2 N–H and O–H groups in total. The van der Waals surface area contributed by atoms with Crippen molar-refractivity contribution in [3.8, 4) is 0 Å². The molecule has 2 amide bonds. The van der Waals surface area contributed by atoms with E-state index in [4.69, 9.17) is 4.74 Å². The molecule has 2 heterocycles. The predicted molar refractivity (Wildman–Crippen MR) is 98.2 cm³/mol. The molecule has 1 aromatic rings. The maximum atomic E-state index is 12.3. The third-order valence-electron chi connectivity index (χ3n) is 4.11. The van der Waals surface area contributed by atoms with Gasteiger partial charge in [0.15, 0.2) is 0 Å². The van der Waals surface area contributed by atoms with Gasteiger partial charge in [-0.05, 0) is 33.9 Å². The first-order valence-corrected chi connectivity index (χ1v) is 8.92. The number of piperidine rings is 1. The second-order valence-electron chi connectivity index (χ2n) is 6.45. The van der Waals surface area contributed by atoms with Gasteiger partial charge in [-0.3, -0.25) is 4.79 Å². The Morgan fingerprint density at radius 2 is 2.00 bits per heavy atom. The van der Waals surface area contributed by atoms with Crippen LogP contribution in [-0.4, -0.2) is 84.7 Å². The zero-order valence-corrected chi connectivity index (χ0v) is 15.7. The Bertz CT molecular complexity index is 585.